The fourth-order valence-electron chi connectivity index (χ4n) is 2.52. The number of pyridine rings is 1. The van der Waals surface area contributed by atoms with Crippen molar-refractivity contribution < 1.29 is 21.6 Å². The molecule has 0 saturated carbocycles. The van der Waals surface area contributed by atoms with Gasteiger partial charge in [0, 0.05) is 32.4 Å². The average Bonchev–Trinajstić information content (AvgIpc) is 3.01. The first kappa shape index (κ1) is 19.7. The molecule has 0 atom stereocenters. The predicted molar refractivity (Wildman–Crippen MR) is 94.5 cm³/mol. The Balaban J connectivity index is 1.73. The minimum Gasteiger partial charge on any atom is -0.353 e. The van der Waals surface area contributed by atoms with Gasteiger partial charge < -0.3 is 4.90 Å². The number of alkyl halides is 3. The van der Waals surface area contributed by atoms with Gasteiger partial charge >= 0.3 is 6.18 Å². The van der Waals surface area contributed by atoms with Crippen LogP contribution in [0.15, 0.2) is 28.6 Å². The lowest BCUT2D eigenvalue weighted by Crippen LogP contribution is -2.48. The van der Waals surface area contributed by atoms with E-state index >= 15 is 0 Å². The number of hydrogen-bond acceptors (Lipinski definition) is 5. The Kier molecular flexibility index (Phi) is 5.42. The zero-order chi connectivity index (χ0) is 19.1. The highest BCUT2D eigenvalue weighted by Crippen LogP contribution is 2.34. The lowest BCUT2D eigenvalue weighted by atomic mass is 10.2. The maximum absolute atomic E-state index is 12.7. The van der Waals surface area contributed by atoms with Crippen LogP contribution in [0.25, 0.3) is 0 Å². The van der Waals surface area contributed by atoms with Crippen LogP contribution >= 0.6 is 34.5 Å². The summed E-state index contributed by atoms with van der Waals surface area (Å²) in [6.07, 6.45) is -3.80. The molecule has 0 bridgehead atoms. The van der Waals surface area contributed by atoms with Crippen molar-refractivity contribution in [3.8, 4) is 0 Å². The van der Waals surface area contributed by atoms with Gasteiger partial charge in [0.25, 0.3) is 10.0 Å². The molecule has 0 amide bonds. The van der Waals surface area contributed by atoms with Crippen molar-refractivity contribution >= 4 is 50.4 Å². The standard InChI is InChI=1S/C14H12Cl2F3N3O2S2/c15-10-7-9(14(17,18)19)8-20-13(10)21-3-5-22(6-4-21)26(23,24)12-2-1-11(16)25-12/h1-2,7-8H,3-6H2. The Morgan fingerprint density at radius 1 is 1.12 bits per heavy atom. The number of aromatic nitrogens is 1. The maximum atomic E-state index is 12.7. The molecule has 0 spiro atoms. The molecule has 3 rings (SSSR count). The van der Waals surface area contributed by atoms with Crippen molar-refractivity contribution in [2.24, 2.45) is 0 Å². The van der Waals surface area contributed by atoms with Crippen molar-refractivity contribution in [3.63, 3.8) is 0 Å². The van der Waals surface area contributed by atoms with Crippen molar-refractivity contribution in [1.82, 2.24) is 9.29 Å². The van der Waals surface area contributed by atoms with Gasteiger partial charge in [-0.05, 0) is 18.2 Å². The number of rotatable bonds is 3. The summed E-state index contributed by atoms with van der Waals surface area (Å²) in [6, 6.07) is 3.78. The van der Waals surface area contributed by atoms with E-state index in [4.69, 9.17) is 23.2 Å². The van der Waals surface area contributed by atoms with E-state index in [1.807, 2.05) is 0 Å². The Labute approximate surface area is 162 Å². The minimum atomic E-state index is -4.52. The molecule has 5 nitrogen and oxygen atoms in total. The lowest BCUT2D eigenvalue weighted by molar-refractivity contribution is -0.137. The number of sulfonamides is 1. The van der Waals surface area contributed by atoms with Crippen LogP contribution < -0.4 is 4.90 Å². The molecule has 0 radical (unpaired) electrons. The number of anilines is 1. The summed E-state index contributed by atoms with van der Waals surface area (Å²) >= 11 is 12.7. The van der Waals surface area contributed by atoms with Gasteiger partial charge in [0.1, 0.15) is 10.0 Å². The monoisotopic (exact) mass is 445 g/mol. The molecule has 2 aromatic rings. The predicted octanol–water partition coefficient (Wildman–Crippen LogP) is 3.98. The maximum Gasteiger partial charge on any atom is 0.417 e. The normalized spacial score (nSPS) is 16.9. The summed E-state index contributed by atoms with van der Waals surface area (Å²) < 4.78 is 65.0. The quantitative estimate of drug-likeness (QED) is 0.716. The largest absolute Gasteiger partial charge is 0.417 e. The third-order valence-electron chi connectivity index (χ3n) is 3.83. The number of hydrogen-bond donors (Lipinski definition) is 0. The SMILES string of the molecule is O=S(=O)(c1ccc(Cl)s1)N1CCN(c2ncc(C(F)(F)F)cc2Cl)CC1. The summed E-state index contributed by atoms with van der Waals surface area (Å²) in [5.74, 6) is 0.205. The summed E-state index contributed by atoms with van der Waals surface area (Å²) in [6.45, 7) is 0.848. The van der Waals surface area contributed by atoms with Crippen molar-refractivity contribution in [2.45, 2.75) is 10.4 Å². The van der Waals surface area contributed by atoms with E-state index in [-0.39, 0.29) is 41.2 Å². The van der Waals surface area contributed by atoms with Crippen LogP contribution in [-0.4, -0.2) is 43.9 Å². The van der Waals surface area contributed by atoms with E-state index < -0.39 is 21.8 Å². The molecular formula is C14H12Cl2F3N3O2S2. The molecule has 2 aromatic heterocycles. The smallest absolute Gasteiger partial charge is 0.353 e. The lowest BCUT2D eigenvalue weighted by Gasteiger charge is -2.34. The molecule has 0 N–H and O–H groups in total. The van der Waals surface area contributed by atoms with Crippen molar-refractivity contribution in [1.29, 1.82) is 0 Å². The molecule has 142 valence electrons. The highest BCUT2D eigenvalue weighted by atomic mass is 35.5. The molecule has 26 heavy (non-hydrogen) atoms. The molecule has 3 heterocycles. The second kappa shape index (κ2) is 7.16. The number of nitrogens with zero attached hydrogens (tertiary/aromatic N) is 3. The third kappa shape index (κ3) is 3.94. The van der Waals surface area contributed by atoms with Crippen molar-refractivity contribution in [3.05, 3.63) is 39.3 Å². The van der Waals surface area contributed by atoms with Gasteiger partial charge in [0.15, 0.2) is 0 Å². The van der Waals surface area contributed by atoms with Gasteiger partial charge in [0.2, 0.25) is 0 Å². The number of halogens is 5. The van der Waals surface area contributed by atoms with Gasteiger partial charge in [-0.15, -0.1) is 11.3 Å². The van der Waals surface area contributed by atoms with Gasteiger partial charge in [-0.1, -0.05) is 23.2 Å². The molecule has 12 heteroatoms. The molecule has 1 fully saturated rings. The number of piperazine rings is 1. The molecule has 0 aromatic carbocycles. The highest BCUT2D eigenvalue weighted by Gasteiger charge is 2.33. The van der Waals surface area contributed by atoms with Crippen LogP contribution in [-0.2, 0) is 16.2 Å². The van der Waals surface area contributed by atoms with Gasteiger partial charge in [-0.25, -0.2) is 13.4 Å². The van der Waals surface area contributed by atoms with Crippen LogP contribution in [0.4, 0.5) is 19.0 Å². The van der Waals surface area contributed by atoms with Crippen molar-refractivity contribution in [2.75, 3.05) is 31.1 Å². The second-order valence-electron chi connectivity index (χ2n) is 5.48. The zero-order valence-corrected chi connectivity index (χ0v) is 16.1. The molecule has 0 unspecified atom stereocenters. The summed E-state index contributed by atoms with van der Waals surface area (Å²) in [5, 5.41) is -0.124. The fraction of sp³-hybridized carbons (Fsp3) is 0.357. The molecule has 1 aliphatic heterocycles. The summed E-state index contributed by atoms with van der Waals surface area (Å²) in [4.78, 5) is 5.47. The Morgan fingerprint density at radius 2 is 1.77 bits per heavy atom. The Bertz CT molecular complexity index is 910. The van der Waals surface area contributed by atoms with Crippen LogP contribution in [0.1, 0.15) is 5.56 Å². The molecule has 1 aliphatic rings. The topological polar surface area (TPSA) is 53.5 Å². The van der Waals surface area contributed by atoms with E-state index in [1.165, 1.54) is 16.4 Å². The summed E-state index contributed by atoms with van der Waals surface area (Å²) in [7, 11) is -3.64. The summed E-state index contributed by atoms with van der Waals surface area (Å²) in [5.41, 5.74) is -0.929. The first-order chi connectivity index (χ1) is 12.1. The Morgan fingerprint density at radius 3 is 2.27 bits per heavy atom. The third-order valence-corrected chi connectivity index (χ3v) is 7.71. The molecule has 1 saturated heterocycles. The zero-order valence-electron chi connectivity index (χ0n) is 13.0. The number of thiophene rings is 1. The van der Waals surface area contributed by atoms with Crippen LogP contribution in [0, 0.1) is 0 Å². The minimum absolute atomic E-state index is 0.124. The Hall–Kier alpha value is -1.07. The molecule has 0 aliphatic carbocycles. The molecular weight excluding hydrogens is 434 g/mol. The van der Waals surface area contributed by atoms with E-state index in [9.17, 15) is 21.6 Å². The van der Waals surface area contributed by atoms with E-state index in [0.717, 1.165) is 23.6 Å². The van der Waals surface area contributed by atoms with Gasteiger partial charge in [-0.3, -0.25) is 0 Å². The second-order valence-corrected chi connectivity index (χ2v) is 9.76. The van der Waals surface area contributed by atoms with Gasteiger partial charge in [-0.2, -0.15) is 17.5 Å². The first-order valence-corrected chi connectivity index (χ1v) is 10.3. The van der Waals surface area contributed by atoms with Crippen LogP contribution in [0.2, 0.25) is 9.36 Å². The van der Waals surface area contributed by atoms with Crippen LogP contribution in [0.5, 0.6) is 0 Å². The highest BCUT2D eigenvalue weighted by molar-refractivity contribution is 7.91. The van der Waals surface area contributed by atoms with Gasteiger partial charge in [0.05, 0.1) is 14.9 Å². The average molecular weight is 446 g/mol. The van der Waals surface area contributed by atoms with E-state index in [0.29, 0.717) is 4.34 Å². The fourth-order valence-corrected chi connectivity index (χ4v) is 5.87. The first-order valence-electron chi connectivity index (χ1n) is 7.32. The van der Waals surface area contributed by atoms with Crippen LogP contribution in [0.3, 0.4) is 0 Å². The van der Waals surface area contributed by atoms with E-state index in [1.54, 1.807) is 4.90 Å². The van der Waals surface area contributed by atoms with E-state index in [2.05, 4.69) is 4.98 Å².